The van der Waals surface area contributed by atoms with Crippen molar-refractivity contribution in [1.82, 2.24) is 5.32 Å². The average molecular weight is 329 g/mol. The summed E-state index contributed by atoms with van der Waals surface area (Å²) >= 11 is 0. The van der Waals surface area contributed by atoms with Crippen LogP contribution in [0.2, 0.25) is 0 Å². The molecular weight excluding hydrogens is 307 g/mol. The Morgan fingerprint density at radius 1 is 1.30 bits per heavy atom. The lowest BCUT2D eigenvalue weighted by Gasteiger charge is -2.32. The van der Waals surface area contributed by atoms with E-state index in [1.807, 2.05) is 12.1 Å². The van der Waals surface area contributed by atoms with E-state index in [0.717, 1.165) is 17.5 Å². The molecule has 2 N–H and O–H groups in total. The molecule has 1 aromatic carbocycles. The van der Waals surface area contributed by atoms with E-state index >= 15 is 0 Å². The Labute approximate surface area is 133 Å². The zero-order valence-corrected chi connectivity index (χ0v) is 13.3. The fraction of sp³-hybridized carbons (Fsp3) is 0.588. The third-order valence-corrected chi connectivity index (χ3v) is 4.53. The largest absolute Gasteiger partial charge is 0.481 e. The number of rotatable bonds is 5. The number of nitrogens with one attached hydrogen (secondary N) is 1. The molecule has 0 unspecified atom stereocenters. The molecule has 23 heavy (non-hydrogen) atoms. The van der Waals surface area contributed by atoms with Gasteiger partial charge in [0, 0.05) is 12.5 Å². The summed E-state index contributed by atoms with van der Waals surface area (Å²) in [4.78, 5) is 11.4. The predicted molar refractivity (Wildman–Crippen MR) is 81.2 cm³/mol. The van der Waals surface area contributed by atoms with E-state index in [1.54, 1.807) is 12.1 Å². The molecule has 1 fully saturated rings. The van der Waals surface area contributed by atoms with Crippen LogP contribution in [0.4, 0.5) is 13.2 Å². The van der Waals surface area contributed by atoms with Gasteiger partial charge in [0.05, 0.1) is 0 Å². The van der Waals surface area contributed by atoms with Crippen molar-refractivity contribution in [2.24, 2.45) is 17.3 Å². The summed E-state index contributed by atoms with van der Waals surface area (Å²) in [6.07, 6.45) is -3.77. The quantitative estimate of drug-likeness (QED) is 0.871. The fourth-order valence-corrected chi connectivity index (χ4v) is 3.28. The molecule has 0 saturated carbocycles. The molecular formula is C17H22F3NO2. The molecule has 0 aromatic heterocycles. The van der Waals surface area contributed by atoms with Gasteiger partial charge in [0.15, 0.2) is 5.41 Å². The second-order valence-electron chi connectivity index (χ2n) is 6.72. The van der Waals surface area contributed by atoms with Gasteiger partial charge in [0.2, 0.25) is 0 Å². The van der Waals surface area contributed by atoms with Gasteiger partial charge < -0.3 is 10.4 Å². The number of carboxylic acids is 1. The standard InChI is InChI=1S/C17H22F3NO2/c1-11(2)7-12-3-5-13(6-4-12)8-14-9-21-10-16(14,15(22)23)17(18,19)20/h3-6,11,14,21H,7-10H2,1-2H3,(H,22,23)/t14-,16+/m1/s1. The zero-order valence-electron chi connectivity index (χ0n) is 13.3. The number of carboxylic acid groups (broad SMARTS) is 1. The van der Waals surface area contributed by atoms with Crippen molar-refractivity contribution in [2.75, 3.05) is 13.1 Å². The first-order chi connectivity index (χ1) is 10.7. The van der Waals surface area contributed by atoms with Crippen molar-refractivity contribution in [1.29, 1.82) is 0 Å². The maximum atomic E-state index is 13.4. The Kier molecular flexibility index (Phi) is 5.04. The van der Waals surface area contributed by atoms with Crippen LogP contribution in [-0.2, 0) is 17.6 Å². The predicted octanol–water partition coefficient (Wildman–Crippen LogP) is 3.28. The van der Waals surface area contributed by atoms with Crippen molar-refractivity contribution in [3.05, 3.63) is 35.4 Å². The van der Waals surface area contributed by atoms with Crippen LogP contribution in [0, 0.1) is 17.3 Å². The molecule has 0 bridgehead atoms. The van der Waals surface area contributed by atoms with Crippen molar-refractivity contribution in [3.8, 4) is 0 Å². The first-order valence-corrected chi connectivity index (χ1v) is 7.75. The average Bonchev–Trinajstić information content (AvgIpc) is 2.84. The van der Waals surface area contributed by atoms with Gasteiger partial charge in [0.1, 0.15) is 0 Å². The second kappa shape index (κ2) is 6.51. The van der Waals surface area contributed by atoms with E-state index in [2.05, 4.69) is 19.2 Å². The van der Waals surface area contributed by atoms with Crippen molar-refractivity contribution >= 4 is 5.97 Å². The number of aliphatic carboxylic acids is 1. The summed E-state index contributed by atoms with van der Waals surface area (Å²) < 4.78 is 40.2. The molecule has 1 heterocycles. The van der Waals surface area contributed by atoms with Crippen LogP contribution in [0.1, 0.15) is 25.0 Å². The monoisotopic (exact) mass is 329 g/mol. The molecule has 0 spiro atoms. The molecule has 0 amide bonds. The summed E-state index contributed by atoms with van der Waals surface area (Å²) in [5, 5.41) is 11.8. The van der Waals surface area contributed by atoms with E-state index < -0.39 is 30.0 Å². The molecule has 1 aromatic rings. The fourth-order valence-electron chi connectivity index (χ4n) is 3.28. The van der Waals surface area contributed by atoms with Gasteiger partial charge in [-0.2, -0.15) is 13.2 Å². The highest BCUT2D eigenvalue weighted by Gasteiger charge is 2.66. The van der Waals surface area contributed by atoms with E-state index in [4.69, 9.17) is 0 Å². The molecule has 6 heteroatoms. The summed E-state index contributed by atoms with van der Waals surface area (Å²) in [7, 11) is 0. The van der Waals surface area contributed by atoms with Crippen molar-refractivity contribution < 1.29 is 23.1 Å². The van der Waals surface area contributed by atoms with Gasteiger partial charge in [-0.05, 0) is 36.4 Å². The minimum Gasteiger partial charge on any atom is -0.481 e. The van der Waals surface area contributed by atoms with Crippen LogP contribution < -0.4 is 5.32 Å². The van der Waals surface area contributed by atoms with E-state index in [1.165, 1.54) is 0 Å². The van der Waals surface area contributed by atoms with Gasteiger partial charge in [-0.1, -0.05) is 38.1 Å². The number of carbonyl (C=O) groups is 1. The summed E-state index contributed by atoms with van der Waals surface area (Å²) in [6.45, 7) is 3.69. The molecule has 0 radical (unpaired) electrons. The molecule has 128 valence electrons. The van der Waals surface area contributed by atoms with E-state index in [9.17, 15) is 23.1 Å². The third-order valence-electron chi connectivity index (χ3n) is 4.53. The smallest absolute Gasteiger partial charge is 0.406 e. The number of hydrogen-bond acceptors (Lipinski definition) is 2. The summed E-state index contributed by atoms with van der Waals surface area (Å²) in [6, 6.07) is 7.43. The van der Waals surface area contributed by atoms with E-state index in [-0.39, 0.29) is 13.0 Å². The lowest BCUT2D eigenvalue weighted by Crippen LogP contribution is -2.51. The normalized spacial score (nSPS) is 25.0. The number of benzene rings is 1. The molecule has 3 nitrogen and oxygen atoms in total. The maximum Gasteiger partial charge on any atom is 0.406 e. The number of halogens is 3. The van der Waals surface area contributed by atoms with Crippen LogP contribution in [0.25, 0.3) is 0 Å². The molecule has 0 aliphatic carbocycles. The molecule has 2 atom stereocenters. The van der Waals surface area contributed by atoms with Crippen LogP contribution in [0.3, 0.4) is 0 Å². The van der Waals surface area contributed by atoms with Gasteiger partial charge in [0.25, 0.3) is 0 Å². The first-order valence-electron chi connectivity index (χ1n) is 7.75. The highest BCUT2D eigenvalue weighted by Crippen LogP contribution is 2.47. The Hall–Kier alpha value is -1.56. The SMILES string of the molecule is CC(C)Cc1ccc(C[C@@H]2CNC[C@]2(C(=O)O)C(F)(F)F)cc1. The lowest BCUT2D eigenvalue weighted by atomic mass is 9.74. The Morgan fingerprint density at radius 3 is 2.35 bits per heavy atom. The van der Waals surface area contributed by atoms with Gasteiger partial charge in [-0.25, -0.2) is 0 Å². The van der Waals surface area contributed by atoms with Crippen LogP contribution in [0.5, 0.6) is 0 Å². The zero-order chi connectivity index (χ0) is 17.3. The second-order valence-corrected chi connectivity index (χ2v) is 6.72. The molecule has 1 aliphatic heterocycles. The minimum atomic E-state index is -4.77. The first kappa shape index (κ1) is 17.8. The molecule has 1 aliphatic rings. The molecule has 1 saturated heterocycles. The Morgan fingerprint density at radius 2 is 1.87 bits per heavy atom. The Bertz CT molecular complexity index is 554. The van der Waals surface area contributed by atoms with Crippen LogP contribution >= 0.6 is 0 Å². The lowest BCUT2D eigenvalue weighted by molar-refractivity contribution is -0.236. The Balaban J connectivity index is 2.19. The topological polar surface area (TPSA) is 49.3 Å². The maximum absolute atomic E-state index is 13.4. The minimum absolute atomic E-state index is 0.0551. The van der Waals surface area contributed by atoms with Crippen LogP contribution in [-0.4, -0.2) is 30.3 Å². The highest BCUT2D eigenvalue weighted by atomic mass is 19.4. The van der Waals surface area contributed by atoms with Crippen molar-refractivity contribution in [3.63, 3.8) is 0 Å². The van der Waals surface area contributed by atoms with Gasteiger partial charge in [-0.15, -0.1) is 0 Å². The van der Waals surface area contributed by atoms with Crippen LogP contribution in [0.15, 0.2) is 24.3 Å². The number of hydrogen-bond donors (Lipinski definition) is 2. The highest BCUT2D eigenvalue weighted by molar-refractivity contribution is 5.77. The number of alkyl halides is 3. The third kappa shape index (κ3) is 3.52. The van der Waals surface area contributed by atoms with Gasteiger partial charge in [-0.3, -0.25) is 4.79 Å². The molecule has 2 rings (SSSR count). The van der Waals surface area contributed by atoms with E-state index in [0.29, 0.717) is 5.92 Å². The van der Waals surface area contributed by atoms with Gasteiger partial charge >= 0.3 is 12.1 Å². The van der Waals surface area contributed by atoms with Crippen molar-refractivity contribution in [2.45, 2.75) is 32.9 Å². The summed E-state index contributed by atoms with van der Waals surface area (Å²) in [5.74, 6) is -2.29. The summed E-state index contributed by atoms with van der Waals surface area (Å²) in [5.41, 5.74) is -0.835.